The number of hydrogen-bond acceptors (Lipinski definition) is 3. The molecule has 1 heterocycles. The monoisotopic (exact) mass is 384 g/mol. The number of ketones is 1. The van der Waals surface area contributed by atoms with E-state index in [4.69, 9.17) is 11.6 Å². The first-order chi connectivity index (χ1) is 12.9. The van der Waals surface area contributed by atoms with Crippen LogP contribution in [-0.2, 0) is 16.0 Å². The third-order valence-corrected chi connectivity index (χ3v) is 4.96. The lowest BCUT2D eigenvalue weighted by Crippen LogP contribution is -2.34. The van der Waals surface area contributed by atoms with Crippen LogP contribution in [0.3, 0.4) is 0 Å². The quantitative estimate of drug-likeness (QED) is 0.777. The van der Waals surface area contributed by atoms with Crippen LogP contribution in [-0.4, -0.2) is 30.7 Å². The maximum atomic E-state index is 12.4. The second kappa shape index (κ2) is 8.35. The number of Topliss-reactive ketones (excluding diaryl/α,β-unsaturated/α-hetero) is 1. The molecule has 1 N–H and O–H groups in total. The van der Waals surface area contributed by atoms with Crippen molar-refractivity contribution < 1.29 is 14.4 Å². The highest BCUT2D eigenvalue weighted by Gasteiger charge is 2.34. The van der Waals surface area contributed by atoms with Gasteiger partial charge in [0.1, 0.15) is 0 Å². The molecule has 1 atom stereocenters. The van der Waals surface area contributed by atoms with Gasteiger partial charge >= 0.3 is 0 Å². The Bertz CT molecular complexity index is 847. The van der Waals surface area contributed by atoms with Gasteiger partial charge < -0.3 is 10.2 Å². The summed E-state index contributed by atoms with van der Waals surface area (Å²) >= 11 is 5.86. The van der Waals surface area contributed by atoms with Crippen molar-refractivity contribution in [3.8, 4) is 0 Å². The number of anilines is 1. The Morgan fingerprint density at radius 3 is 2.41 bits per heavy atom. The molecule has 1 aliphatic rings. The van der Waals surface area contributed by atoms with Crippen LogP contribution in [0.2, 0.25) is 5.02 Å². The molecule has 1 aliphatic heterocycles. The zero-order valence-corrected chi connectivity index (χ0v) is 15.8. The average molecular weight is 385 g/mol. The number of halogens is 1. The van der Waals surface area contributed by atoms with Crippen LogP contribution in [0.15, 0.2) is 48.5 Å². The van der Waals surface area contributed by atoms with Crippen molar-refractivity contribution in [1.82, 2.24) is 5.32 Å². The van der Waals surface area contributed by atoms with E-state index in [1.807, 2.05) is 24.3 Å². The molecule has 0 spiro atoms. The summed E-state index contributed by atoms with van der Waals surface area (Å²) in [6.45, 7) is 2.36. The summed E-state index contributed by atoms with van der Waals surface area (Å²) < 4.78 is 0. The summed E-state index contributed by atoms with van der Waals surface area (Å²) in [5, 5.41) is 3.59. The molecule has 140 valence electrons. The maximum absolute atomic E-state index is 12.4. The van der Waals surface area contributed by atoms with Crippen LogP contribution in [0.5, 0.6) is 0 Å². The van der Waals surface area contributed by atoms with Crippen LogP contribution in [0.4, 0.5) is 5.69 Å². The summed E-state index contributed by atoms with van der Waals surface area (Å²) in [4.78, 5) is 37.7. The normalized spacial score (nSPS) is 16.4. The second-order valence-electron chi connectivity index (χ2n) is 6.68. The predicted octanol–water partition coefficient (Wildman–Crippen LogP) is 3.25. The van der Waals surface area contributed by atoms with Gasteiger partial charge in [0.05, 0.1) is 5.92 Å². The molecule has 1 saturated heterocycles. The molecule has 1 unspecified atom stereocenters. The van der Waals surface area contributed by atoms with Gasteiger partial charge in [-0.2, -0.15) is 0 Å². The van der Waals surface area contributed by atoms with Crippen LogP contribution >= 0.6 is 11.6 Å². The minimum atomic E-state index is -0.366. The third-order valence-electron chi connectivity index (χ3n) is 4.71. The Morgan fingerprint density at radius 2 is 1.78 bits per heavy atom. The molecule has 3 rings (SSSR count). The minimum absolute atomic E-state index is 0.0211. The lowest BCUT2D eigenvalue weighted by Gasteiger charge is -2.17. The zero-order chi connectivity index (χ0) is 19.4. The maximum Gasteiger partial charge on any atom is 0.227 e. The van der Waals surface area contributed by atoms with E-state index in [1.165, 1.54) is 6.92 Å². The highest BCUT2D eigenvalue weighted by atomic mass is 35.5. The van der Waals surface area contributed by atoms with Crippen LogP contribution in [0.25, 0.3) is 0 Å². The molecule has 2 aromatic rings. The van der Waals surface area contributed by atoms with E-state index >= 15 is 0 Å². The van der Waals surface area contributed by atoms with Gasteiger partial charge in [-0.15, -0.1) is 0 Å². The van der Waals surface area contributed by atoms with E-state index in [9.17, 15) is 14.4 Å². The SMILES string of the molecule is CC(=O)c1ccc(N2CC(C(=O)NCCc3ccc(Cl)cc3)CC2=O)cc1. The predicted molar refractivity (Wildman–Crippen MR) is 105 cm³/mol. The fourth-order valence-electron chi connectivity index (χ4n) is 3.13. The van der Waals surface area contributed by atoms with Crippen molar-refractivity contribution in [3.63, 3.8) is 0 Å². The summed E-state index contributed by atoms with van der Waals surface area (Å²) in [5.74, 6) is -0.578. The molecule has 5 nitrogen and oxygen atoms in total. The Kier molecular flexibility index (Phi) is 5.91. The van der Waals surface area contributed by atoms with Crippen molar-refractivity contribution in [2.45, 2.75) is 19.8 Å². The summed E-state index contributed by atoms with van der Waals surface area (Å²) in [7, 11) is 0. The van der Waals surface area contributed by atoms with Gasteiger partial charge in [-0.1, -0.05) is 23.7 Å². The summed E-state index contributed by atoms with van der Waals surface area (Å²) in [6.07, 6.45) is 0.904. The minimum Gasteiger partial charge on any atom is -0.355 e. The van der Waals surface area contributed by atoms with Crippen LogP contribution < -0.4 is 10.2 Å². The number of hydrogen-bond donors (Lipinski definition) is 1. The second-order valence-corrected chi connectivity index (χ2v) is 7.11. The number of amides is 2. The molecule has 0 aromatic heterocycles. The largest absolute Gasteiger partial charge is 0.355 e. The highest BCUT2D eigenvalue weighted by molar-refractivity contribution is 6.30. The first-order valence-corrected chi connectivity index (χ1v) is 9.25. The van der Waals surface area contributed by atoms with Gasteiger partial charge in [0, 0.05) is 35.8 Å². The Morgan fingerprint density at radius 1 is 1.11 bits per heavy atom. The number of nitrogens with one attached hydrogen (secondary N) is 1. The van der Waals surface area contributed by atoms with Gasteiger partial charge in [0.25, 0.3) is 0 Å². The van der Waals surface area contributed by atoms with Gasteiger partial charge in [-0.05, 0) is 55.3 Å². The summed E-state index contributed by atoms with van der Waals surface area (Å²) in [6, 6.07) is 14.4. The van der Waals surface area contributed by atoms with Gasteiger partial charge in [-0.3, -0.25) is 14.4 Å². The van der Waals surface area contributed by atoms with E-state index < -0.39 is 0 Å². The van der Waals surface area contributed by atoms with Crippen LogP contribution in [0, 0.1) is 5.92 Å². The Balaban J connectivity index is 1.53. The van der Waals surface area contributed by atoms with Crippen molar-refractivity contribution in [1.29, 1.82) is 0 Å². The Hall–Kier alpha value is -2.66. The van der Waals surface area contributed by atoms with E-state index in [2.05, 4.69) is 5.32 Å². The number of rotatable bonds is 6. The fourth-order valence-corrected chi connectivity index (χ4v) is 3.26. The standard InChI is InChI=1S/C21H21ClN2O3/c1-14(25)16-4-8-19(9-5-16)24-13-17(12-20(24)26)21(27)23-11-10-15-2-6-18(22)7-3-15/h2-9,17H,10-13H2,1H3,(H,23,27). The van der Waals surface area contributed by atoms with Crippen molar-refractivity contribution in [3.05, 3.63) is 64.7 Å². The number of benzene rings is 2. The molecule has 0 bridgehead atoms. The molecule has 27 heavy (non-hydrogen) atoms. The van der Waals surface area contributed by atoms with E-state index in [0.717, 1.165) is 5.56 Å². The molecule has 2 aromatic carbocycles. The van der Waals surface area contributed by atoms with E-state index in [-0.39, 0.29) is 29.9 Å². The van der Waals surface area contributed by atoms with E-state index in [1.54, 1.807) is 29.2 Å². The average Bonchev–Trinajstić information content (AvgIpc) is 3.05. The van der Waals surface area contributed by atoms with E-state index in [0.29, 0.717) is 35.8 Å². The lowest BCUT2D eigenvalue weighted by atomic mass is 10.1. The number of nitrogens with zero attached hydrogens (tertiary/aromatic N) is 1. The molecule has 0 aliphatic carbocycles. The van der Waals surface area contributed by atoms with Crippen molar-refractivity contribution >= 4 is 34.9 Å². The molecule has 0 radical (unpaired) electrons. The highest BCUT2D eigenvalue weighted by Crippen LogP contribution is 2.25. The topological polar surface area (TPSA) is 66.5 Å². The molecule has 6 heteroatoms. The number of carbonyl (C=O) groups excluding carboxylic acids is 3. The first-order valence-electron chi connectivity index (χ1n) is 8.87. The van der Waals surface area contributed by atoms with Gasteiger partial charge in [0.15, 0.2) is 5.78 Å². The zero-order valence-electron chi connectivity index (χ0n) is 15.1. The first kappa shape index (κ1) is 19.1. The molecule has 2 amide bonds. The van der Waals surface area contributed by atoms with Crippen molar-refractivity contribution in [2.24, 2.45) is 5.92 Å². The molecule has 0 saturated carbocycles. The third kappa shape index (κ3) is 4.74. The fraction of sp³-hybridized carbons (Fsp3) is 0.286. The van der Waals surface area contributed by atoms with Gasteiger partial charge in [0.2, 0.25) is 11.8 Å². The number of carbonyl (C=O) groups is 3. The molecule has 1 fully saturated rings. The molecular formula is C21H21ClN2O3. The molecular weight excluding hydrogens is 364 g/mol. The lowest BCUT2D eigenvalue weighted by molar-refractivity contribution is -0.126. The van der Waals surface area contributed by atoms with Gasteiger partial charge in [-0.25, -0.2) is 0 Å². The summed E-state index contributed by atoms with van der Waals surface area (Å²) in [5.41, 5.74) is 2.40. The smallest absolute Gasteiger partial charge is 0.227 e. The van der Waals surface area contributed by atoms with Crippen LogP contribution in [0.1, 0.15) is 29.3 Å². The Labute approximate surface area is 163 Å². The van der Waals surface area contributed by atoms with Crippen molar-refractivity contribution in [2.75, 3.05) is 18.0 Å².